The standard InChI is InChI=1S/C32H35Cl3N6O14S4/c33-9-16-57(46,47)15-2-4-22(43)39-13-11-37-20-8-6-18-28(32(20)59(51,52)53)55-30-24(35)25-29(23(34)26(30)41-18)54-27-17(40-25)5-7-19(31(27)58(48,49)50)36-10-12-38-21(42)3-1-14-56(44)45/h5-8,37,41H,1-4,9-16H2,(H,38,42)(H,39,43)(H,44,45)(H,48,49,50)(H,51,52,53)/p-1. The first kappa shape index (κ1) is 46.2. The van der Waals surface area contributed by atoms with Gasteiger partial charge >= 0.3 is 10.1 Å². The van der Waals surface area contributed by atoms with E-state index in [4.69, 9.17) is 44.0 Å². The van der Waals surface area contributed by atoms with E-state index in [9.17, 15) is 52.7 Å². The molecule has 3 aliphatic rings. The molecule has 59 heavy (non-hydrogen) atoms. The maximum Gasteiger partial charge on any atom is 0.300 e. The molecule has 2 heterocycles. The first-order chi connectivity index (χ1) is 27.7. The Morgan fingerprint density at radius 2 is 1.56 bits per heavy atom. The van der Waals surface area contributed by atoms with Crippen LogP contribution in [0.1, 0.15) is 25.7 Å². The maximum absolute atomic E-state index is 12.7. The first-order valence-electron chi connectivity index (χ1n) is 17.2. The number of anilines is 3. The van der Waals surface area contributed by atoms with Gasteiger partial charge in [0, 0.05) is 44.1 Å². The van der Waals surface area contributed by atoms with Crippen molar-refractivity contribution in [3.05, 3.63) is 39.7 Å². The Hall–Kier alpha value is -3.85. The Labute approximate surface area is 354 Å². The van der Waals surface area contributed by atoms with Crippen LogP contribution >= 0.6 is 34.8 Å². The minimum absolute atomic E-state index is 0.0163. The average molecular weight is 961 g/mol. The summed E-state index contributed by atoms with van der Waals surface area (Å²) in [6, 6.07) is 5.18. The number of alkyl halides is 1. The van der Waals surface area contributed by atoms with Gasteiger partial charge in [-0.3, -0.25) is 27.9 Å². The summed E-state index contributed by atoms with van der Waals surface area (Å²) >= 11 is 16.7. The number of nitrogens with one attached hydrogen (secondary N) is 4. The zero-order valence-electron chi connectivity index (χ0n) is 30.2. The molecular formula is C32H34Cl3N6O14S4-. The molecule has 322 valence electrons. The summed E-state index contributed by atoms with van der Waals surface area (Å²) in [7, 11) is -13.4. The summed E-state index contributed by atoms with van der Waals surface area (Å²) in [5, 5.41) is 9.96. The van der Waals surface area contributed by atoms with Gasteiger partial charge in [-0.15, -0.1) is 11.6 Å². The monoisotopic (exact) mass is 959 g/mol. The molecule has 20 nitrogen and oxygen atoms in total. The van der Waals surface area contributed by atoms with Crippen LogP contribution in [0, 0.1) is 0 Å². The third-order valence-electron chi connectivity index (χ3n) is 8.31. The lowest BCUT2D eigenvalue weighted by molar-refractivity contribution is -0.121. The second-order valence-electron chi connectivity index (χ2n) is 12.5. The number of hydrogen-bond acceptors (Lipinski definition) is 16. The van der Waals surface area contributed by atoms with E-state index in [2.05, 4.69) is 31.2 Å². The van der Waals surface area contributed by atoms with E-state index >= 15 is 0 Å². The molecule has 0 spiro atoms. The van der Waals surface area contributed by atoms with Crippen LogP contribution in [0.5, 0.6) is 11.5 Å². The molecule has 0 radical (unpaired) electrons. The number of hydrogen-bond donors (Lipinski definition) is 6. The molecule has 6 N–H and O–H groups in total. The fourth-order valence-electron chi connectivity index (χ4n) is 5.72. The van der Waals surface area contributed by atoms with Gasteiger partial charge in [0.25, 0.3) is 10.1 Å². The lowest BCUT2D eigenvalue weighted by Crippen LogP contribution is -2.29. The number of benzene rings is 3. The van der Waals surface area contributed by atoms with E-state index < -0.39 is 74.3 Å². The molecular weight excluding hydrogens is 927 g/mol. The largest absolute Gasteiger partial charge is 0.772 e. The number of rotatable bonds is 19. The van der Waals surface area contributed by atoms with Gasteiger partial charge in [-0.2, -0.15) is 16.8 Å². The molecule has 1 aliphatic carbocycles. The minimum atomic E-state index is -5.05. The van der Waals surface area contributed by atoms with Crippen molar-refractivity contribution in [3.8, 4) is 23.0 Å². The maximum atomic E-state index is 12.7. The predicted octanol–water partition coefficient (Wildman–Crippen LogP) is 3.22. The highest BCUT2D eigenvalue weighted by Gasteiger charge is 2.34. The first-order valence-corrected chi connectivity index (χ1v) is 24.4. The Bertz CT molecular complexity index is 2700. The van der Waals surface area contributed by atoms with Crippen LogP contribution in [-0.2, 0) is 50.7 Å². The smallest absolute Gasteiger partial charge is 0.300 e. The molecule has 1 atom stereocenters. The number of ether oxygens (including phenoxy) is 1. The normalized spacial score (nSPS) is 13.6. The van der Waals surface area contributed by atoms with Gasteiger partial charge in [0.2, 0.25) is 11.8 Å². The van der Waals surface area contributed by atoms with Crippen molar-refractivity contribution in [1.29, 1.82) is 0 Å². The highest BCUT2D eigenvalue weighted by molar-refractivity contribution is 7.91. The van der Waals surface area contributed by atoms with E-state index in [1.54, 1.807) is 0 Å². The van der Waals surface area contributed by atoms with Crippen LogP contribution < -0.4 is 31.4 Å². The van der Waals surface area contributed by atoms with Gasteiger partial charge in [-0.1, -0.05) is 34.3 Å². The van der Waals surface area contributed by atoms with Crippen LogP contribution in [0.15, 0.2) is 43.5 Å². The van der Waals surface area contributed by atoms with Crippen LogP contribution in [0.3, 0.4) is 0 Å². The van der Waals surface area contributed by atoms with E-state index in [0.29, 0.717) is 0 Å². The Morgan fingerprint density at radius 3 is 2.22 bits per heavy atom. The number of amides is 2. The highest BCUT2D eigenvalue weighted by atomic mass is 35.5. The van der Waals surface area contributed by atoms with E-state index in [-0.39, 0.29) is 130 Å². The van der Waals surface area contributed by atoms with Crippen molar-refractivity contribution in [1.82, 2.24) is 15.6 Å². The van der Waals surface area contributed by atoms with Crippen molar-refractivity contribution in [2.24, 2.45) is 4.99 Å². The van der Waals surface area contributed by atoms with Gasteiger partial charge in [0.05, 0.1) is 34.8 Å². The van der Waals surface area contributed by atoms with Gasteiger partial charge < -0.3 is 35.0 Å². The third kappa shape index (κ3) is 11.5. The topological polar surface area (TPSA) is 313 Å². The molecule has 0 saturated carbocycles. The fourth-order valence-corrected chi connectivity index (χ4v) is 9.94. The van der Waals surface area contributed by atoms with Crippen molar-refractivity contribution >= 4 is 116 Å². The van der Waals surface area contributed by atoms with Crippen molar-refractivity contribution in [2.75, 3.05) is 60.0 Å². The Balaban J connectivity index is 1.41. The average Bonchev–Trinajstić information content (AvgIpc) is 3.14. The molecule has 1 unspecified atom stereocenters. The molecule has 5 rings (SSSR count). The lowest BCUT2D eigenvalue weighted by atomic mass is 10.1. The number of carbonyl (C=O) groups excluding carboxylic acids is 2. The molecule has 2 amide bonds. The molecule has 2 aromatic rings. The third-order valence-corrected chi connectivity index (χ3v) is 13.6. The van der Waals surface area contributed by atoms with Crippen LogP contribution in [0.2, 0.25) is 10.0 Å². The molecule has 2 aliphatic heterocycles. The summed E-state index contributed by atoms with van der Waals surface area (Å²) in [4.78, 5) is 31.2. The molecule has 0 fully saturated rings. The summed E-state index contributed by atoms with van der Waals surface area (Å²) in [6.07, 6.45) is 0.0493. The van der Waals surface area contributed by atoms with Gasteiger partial charge in [0.1, 0.15) is 26.9 Å². The summed E-state index contributed by atoms with van der Waals surface area (Å²) in [5.74, 6) is -2.68. The number of halogens is 3. The number of nitrogens with zero attached hydrogens (tertiary/aromatic N) is 2. The van der Waals surface area contributed by atoms with E-state index in [0.717, 1.165) is 0 Å². The second-order valence-corrected chi connectivity index (χ2v) is 19.7. The highest BCUT2D eigenvalue weighted by Crippen LogP contribution is 2.55. The predicted molar refractivity (Wildman–Crippen MR) is 217 cm³/mol. The quantitative estimate of drug-likeness (QED) is 0.0228. The number of fused-ring (bicyclic) bond motifs is 4. The zero-order chi connectivity index (χ0) is 43.3. The Morgan fingerprint density at radius 1 is 0.881 bits per heavy atom. The lowest BCUT2D eigenvalue weighted by Gasteiger charge is -2.27. The van der Waals surface area contributed by atoms with Crippen LogP contribution in [0.25, 0.3) is 22.6 Å². The molecule has 0 bridgehead atoms. The number of aromatic nitrogens is 1. The molecule has 27 heteroatoms. The molecule has 2 aromatic carbocycles. The zero-order valence-corrected chi connectivity index (χ0v) is 35.8. The number of carbonyl (C=O) groups is 2. The van der Waals surface area contributed by atoms with Gasteiger partial charge in [0.15, 0.2) is 42.5 Å². The summed E-state index contributed by atoms with van der Waals surface area (Å²) < 4.78 is 128. The SMILES string of the molecule is O=C(CCCS(=O)[O-])NCCN=c1ccc2nc3c(Cl)c4c(c(Cl)c3oc-2c1S(=O)(=O)O)Nc1ccc(NCCNC(=O)CCCS(=O)(=O)CCCl)c(S(=O)(=O)O)c1O4. The number of sulfone groups is 1. The molecule has 0 aromatic heterocycles. The van der Waals surface area contributed by atoms with Gasteiger partial charge in [-0.25, -0.2) is 13.4 Å². The van der Waals surface area contributed by atoms with E-state index in [1.807, 2.05) is 0 Å². The van der Waals surface area contributed by atoms with Crippen molar-refractivity contribution < 1.29 is 61.9 Å². The van der Waals surface area contributed by atoms with Crippen molar-refractivity contribution in [3.63, 3.8) is 0 Å². The summed E-state index contributed by atoms with van der Waals surface area (Å²) in [6.45, 7) is -0.263. The van der Waals surface area contributed by atoms with Crippen molar-refractivity contribution in [2.45, 2.75) is 35.5 Å². The fraction of sp³-hybridized carbons (Fsp3) is 0.375. The minimum Gasteiger partial charge on any atom is -0.772 e. The Kier molecular flexibility index (Phi) is 15.1. The van der Waals surface area contributed by atoms with Crippen LogP contribution in [-0.4, -0.2) is 109 Å². The van der Waals surface area contributed by atoms with Crippen LogP contribution in [0.4, 0.5) is 17.1 Å². The van der Waals surface area contributed by atoms with E-state index in [1.165, 1.54) is 24.3 Å². The molecule has 0 saturated heterocycles. The van der Waals surface area contributed by atoms with Gasteiger partial charge in [-0.05, 0) is 37.1 Å². The summed E-state index contributed by atoms with van der Waals surface area (Å²) in [5.41, 5.74) is -0.847. The second kappa shape index (κ2) is 19.2.